The van der Waals surface area contributed by atoms with Gasteiger partial charge >= 0.3 is 12.0 Å². The summed E-state index contributed by atoms with van der Waals surface area (Å²) in [6.07, 6.45) is 5.67. The lowest BCUT2D eigenvalue weighted by atomic mass is 9.86. The molecule has 7 heteroatoms. The highest BCUT2D eigenvalue weighted by atomic mass is 16.4. The number of carbonyl (C=O) groups is 2. The van der Waals surface area contributed by atoms with Crippen molar-refractivity contribution in [1.29, 1.82) is 0 Å². The number of aromatic nitrogens is 1. The Balaban J connectivity index is 1.49. The molecule has 0 saturated heterocycles. The van der Waals surface area contributed by atoms with Crippen LogP contribution in [0, 0.1) is 5.92 Å². The van der Waals surface area contributed by atoms with Gasteiger partial charge in [0.15, 0.2) is 0 Å². The van der Waals surface area contributed by atoms with Gasteiger partial charge in [0.2, 0.25) is 5.89 Å². The molecular weight excluding hydrogens is 310 g/mol. The number of carboxylic acids is 1. The Hall–Kier alpha value is -2.83. The van der Waals surface area contributed by atoms with Gasteiger partial charge in [0.05, 0.1) is 12.1 Å². The van der Waals surface area contributed by atoms with Crippen LogP contribution in [-0.4, -0.2) is 28.1 Å². The molecule has 1 fully saturated rings. The average Bonchev–Trinajstić information content (AvgIpc) is 3.10. The van der Waals surface area contributed by atoms with Crippen LogP contribution < -0.4 is 10.6 Å². The van der Waals surface area contributed by atoms with E-state index >= 15 is 0 Å². The summed E-state index contributed by atoms with van der Waals surface area (Å²) in [5.41, 5.74) is 1.50. The number of benzene rings is 1. The summed E-state index contributed by atoms with van der Waals surface area (Å²) in [5, 5.41) is 14.7. The van der Waals surface area contributed by atoms with E-state index in [0.717, 1.165) is 5.56 Å². The van der Waals surface area contributed by atoms with Crippen LogP contribution in [0.15, 0.2) is 41.1 Å². The standard InChI is InChI=1S/C17H19N3O4/c21-16(22)12-3-7-14(8-4-12)20-17(23)19-13-5-1-11(2-6-13)15-18-9-10-24-15/h1-2,5-6,9-10,12,14H,3-4,7-8H2,(H,21,22)(H2,19,20,23). The van der Waals surface area contributed by atoms with E-state index < -0.39 is 5.97 Å². The zero-order chi connectivity index (χ0) is 16.9. The molecule has 2 amide bonds. The summed E-state index contributed by atoms with van der Waals surface area (Å²) in [6, 6.07) is 6.93. The van der Waals surface area contributed by atoms with Crippen molar-refractivity contribution in [2.24, 2.45) is 5.92 Å². The fourth-order valence-electron chi connectivity index (χ4n) is 2.90. The molecule has 0 atom stereocenters. The first kappa shape index (κ1) is 16.0. The molecule has 1 heterocycles. The van der Waals surface area contributed by atoms with E-state index in [4.69, 9.17) is 9.52 Å². The van der Waals surface area contributed by atoms with Crippen LogP contribution in [0.3, 0.4) is 0 Å². The molecule has 1 saturated carbocycles. The lowest BCUT2D eigenvalue weighted by Gasteiger charge is -2.26. The zero-order valence-corrected chi connectivity index (χ0v) is 13.1. The Morgan fingerprint density at radius 3 is 2.42 bits per heavy atom. The molecule has 0 aliphatic heterocycles. The van der Waals surface area contributed by atoms with Crippen molar-refractivity contribution in [3.05, 3.63) is 36.7 Å². The summed E-state index contributed by atoms with van der Waals surface area (Å²) in [5.74, 6) is -0.501. The van der Waals surface area contributed by atoms with Crippen LogP contribution in [0.1, 0.15) is 25.7 Å². The van der Waals surface area contributed by atoms with Gasteiger partial charge < -0.3 is 20.2 Å². The van der Waals surface area contributed by atoms with Crippen molar-refractivity contribution in [2.75, 3.05) is 5.32 Å². The van der Waals surface area contributed by atoms with E-state index in [9.17, 15) is 9.59 Å². The molecular formula is C17H19N3O4. The largest absolute Gasteiger partial charge is 0.481 e. The third-order valence-corrected chi connectivity index (χ3v) is 4.23. The smallest absolute Gasteiger partial charge is 0.319 e. The lowest BCUT2D eigenvalue weighted by molar-refractivity contribution is -0.142. The molecule has 0 spiro atoms. The van der Waals surface area contributed by atoms with Gasteiger partial charge in [-0.05, 0) is 49.9 Å². The third-order valence-electron chi connectivity index (χ3n) is 4.23. The van der Waals surface area contributed by atoms with Crippen LogP contribution in [0.2, 0.25) is 0 Å². The Morgan fingerprint density at radius 2 is 1.83 bits per heavy atom. The molecule has 0 unspecified atom stereocenters. The van der Waals surface area contributed by atoms with E-state index in [1.807, 2.05) is 12.1 Å². The zero-order valence-electron chi connectivity index (χ0n) is 13.1. The summed E-state index contributed by atoms with van der Waals surface area (Å²) >= 11 is 0. The second-order valence-corrected chi connectivity index (χ2v) is 5.90. The molecule has 1 aromatic carbocycles. The van der Waals surface area contributed by atoms with Crippen molar-refractivity contribution in [3.8, 4) is 11.5 Å². The number of rotatable bonds is 4. The maximum absolute atomic E-state index is 12.0. The number of hydrogen-bond acceptors (Lipinski definition) is 4. The second kappa shape index (κ2) is 7.16. The SMILES string of the molecule is O=C(Nc1ccc(-c2ncco2)cc1)NC1CCC(C(=O)O)CC1. The minimum atomic E-state index is -0.746. The van der Waals surface area contributed by atoms with Gasteiger partial charge in [-0.15, -0.1) is 0 Å². The van der Waals surface area contributed by atoms with Gasteiger partial charge in [0.25, 0.3) is 0 Å². The number of hydrogen-bond donors (Lipinski definition) is 3. The second-order valence-electron chi connectivity index (χ2n) is 5.90. The number of nitrogens with zero attached hydrogens (tertiary/aromatic N) is 1. The number of anilines is 1. The third kappa shape index (κ3) is 3.92. The molecule has 126 valence electrons. The molecule has 0 bridgehead atoms. The van der Waals surface area contributed by atoms with Crippen LogP contribution in [0.25, 0.3) is 11.5 Å². The monoisotopic (exact) mass is 329 g/mol. The van der Waals surface area contributed by atoms with Crippen LogP contribution in [0.4, 0.5) is 10.5 Å². The summed E-state index contributed by atoms with van der Waals surface area (Å²) in [6.45, 7) is 0. The van der Waals surface area contributed by atoms with Crippen molar-refractivity contribution >= 4 is 17.7 Å². The Labute approximate surface area is 139 Å². The fourth-order valence-corrected chi connectivity index (χ4v) is 2.90. The van der Waals surface area contributed by atoms with Crippen molar-refractivity contribution < 1.29 is 19.1 Å². The number of nitrogens with one attached hydrogen (secondary N) is 2. The minimum absolute atomic E-state index is 0.0205. The maximum Gasteiger partial charge on any atom is 0.319 e. The van der Waals surface area contributed by atoms with Crippen LogP contribution >= 0.6 is 0 Å². The highest BCUT2D eigenvalue weighted by molar-refractivity contribution is 5.89. The topological polar surface area (TPSA) is 104 Å². The summed E-state index contributed by atoms with van der Waals surface area (Å²) in [4.78, 5) is 27.0. The van der Waals surface area contributed by atoms with E-state index in [-0.39, 0.29) is 18.0 Å². The van der Waals surface area contributed by atoms with Gasteiger partial charge in [-0.1, -0.05) is 0 Å². The van der Waals surface area contributed by atoms with Crippen molar-refractivity contribution in [2.45, 2.75) is 31.7 Å². The number of urea groups is 1. The van der Waals surface area contributed by atoms with Gasteiger partial charge in [0.1, 0.15) is 6.26 Å². The molecule has 3 N–H and O–H groups in total. The first-order valence-corrected chi connectivity index (χ1v) is 7.92. The predicted octanol–water partition coefficient (Wildman–Crippen LogP) is 3.11. The van der Waals surface area contributed by atoms with E-state index in [0.29, 0.717) is 37.3 Å². The highest BCUT2D eigenvalue weighted by Gasteiger charge is 2.26. The van der Waals surface area contributed by atoms with E-state index in [1.54, 1.807) is 18.3 Å². The van der Waals surface area contributed by atoms with E-state index in [1.165, 1.54) is 6.26 Å². The number of aliphatic carboxylic acids is 1. The number of amides is 2. The fraction of sp³-hybridized carbons (Fsp3) is 0.353. The van der Waals surface area contributed by atoms with Gasteiger partial charge in [-0.2, -0.15) is 0 Å². The van der Waals surface area contributed by atoms with Gasteiger partial charge in [-0.25, -0.2) is 9.78 Å². The first-order valence-electron chi connectivity index (χ1n) is 7.92. The lowest BCUT2D eigenvalue weighted by Crippen LogP contribution is -2.40. The molecule has 24 heavy (non-hydrogen) atoms. The maximum atomic E-state index is 12.0. The molecule has 1 aliphatic carbocycles. The van der Waals surface area contributed by atoms with Gasteiger partial charge in [0, 0.05) is 17.3 Å². The molecule has 3 rings (SSSR count). The normalized spacial score (nSPS) is 20.3. The summed E-state index contributed by atoms with van der Waals surface area (Å²) in [7, 11) is 0. The Kier molecular flexibility index (Phi) is 4.79. The molecule has 0 radical (unpaired) electrons. The van der Waals surface area contributed by atoms with Crippen LogP contribution in [-0.2, 0) is 4.79 Å². The molecule has 2 aromatic rings. The van der Waals surface area contributed by atoms with Crippen LogP contribution in [0.5, 0.6) is 0 Å². The first-order chi connectivity index (χ1) is 11.6. The number of oxazole rings is 1. The average molecular weight is 329 g/mol. The van der Waals surface area contributed by atoms with Gasteiger partial charge in [-0.3, -0.25) is 4.79 Å². The molecule has 7 nitrogen and oxygen atoms in total. The number of carboxylic acid groups (broad SMARTS) is 1. The van der Waals surface area contributed by atoms with Crippen molar-refractivity contribution in [3.63, 3.8) is 0 Å². The number of carbonyl (C=O) groups excluding carboxylic acids is 1. The Bertz CT molecular complexity index is 689. The quantitative estimate of drug-likeness (QED) is 0.799. The summed E-state index contributed by atoms with van der Waals surface area (Å²) < 4.78 is 5.21. The Morgan fingerprint density at radius 1 is 1.12 bits per heavy atom. The molecule has 1 aromatic heterocycles. The van der Waals surface area contributed by atoms with Crippen molar-refractivity contribution in [1.82, 2.24) is 10.3 Å². The molecule has 1 aliphatic rings. The highest BCUT2D eigenvalue weighted by Crippen LogP contribution is 2.24. The predicted molar refractivity (Wildman–Crippen MR) is 87.5 cm³/mol. The minimum Gasteiger partial charge on any atom is -0.481 e. The van der Waals surface area contributed by atoms with E-state index in [2.05, 4.69) is 15.6 Å².